The van der Waals surface area contributed by atoms with Crippen molar-refractivity contribution >= 4 is 11.5 Å². The zero-order valence-electron chi connectivity index (χ0n) is 16.1. The molecule has 2 aromatic carbocycles. The minimum Gasteiger partial charge on any atom is -0.493 e. The molecule has 2 aromatic rings. The van der Waals surface area contributed by atoms with Gasteiger partial charge < -0.3 is 19.1 Å². The SMILES string of the molecule is CCOc1ccc(C(=CC(=O)N2CCOCC2)c2ccc(F)cc2)cc1OC. The molecular weight excluding hydrogens is 361 g/mol. The summed E-state index contributed by atoms with van der Waals surface area (Å²) in [7, 11) is 1.57. The van der Waals surface area contributed by atoms with E-state index < -0.39 is 0 Å². The van der Waals surface area contributed by atoms with Crippen molar-refractivity contribution in [2.24, 2.45) is 0 Å². The lowest BCUT2D eigenvalue weighted by Crippen LogP contribution is -2.39. The van der Waals surface area contributed by atoms with Crippen LogP contribution in [-0.4, -0.2) is 50.8 Å². The van der Waals surface area contributed by atoms with E-state index in [1.54, 1.807) is 30.2 Å². The van der Waals surface area contributed by atoms with E-state index in [1.807, 2.05) is 25.1 Å². The van der Waals surface area contributed by atoms with E-state index in [-0.39, 0.29) is 11.7 Å². The van der Waals surface area contributed by atoms with Gasteiger partial charge in [-0.25, -0.2) is 4.39 Å². The van der Waals surface area contributed by atoms with Crippen molar-refractivity contribution in [3.63, 3.8) is 0 Å². The average Bonchev–Trinajstić information content (AvgIpc) is 2.74. The number of hydrogen-bond donors (Lipinski definition) is 0. The smallest absolute Gasteiger partial charge is 0.247 e. The summed E-state index contributed by atoms with van der Waals surface area (Å²) in [5.74, 6) is 0.778. The number of methoxy groups -OCH3 is 1. The lowest BCUT2D eigenvalue weighted by Gasteiger charge is -2.26. The Kier molecular flexibility index (Phi) is 6.66. The first kappa shape index (κ1) is 19.9. The summed E-state index contributed by atoms with van der Waals surface area (Å²) in [6.45, 7) is 4.59. The molecule has 0 aliphatic carbocycles. The zero-order chi connectivity index (χ0) is 19.9. The Bertz CT molecular complexity index is 842. The van der Waals surface area contributed by atoms with Crippen LogP contribution in [0, 0.1) is 5.82 Å². The molecule has 0 saturated carbocycles. The van der Waals surface area contributed by atoms with E-state index in [9.17, 15) is 9.18 Å². The highest BCUT2D eigenvalue weighted by molar-refractivity contribution is 5.99. The molecule has 148 valence electrons. The number of carbonyl (C=O) groups excluding carboxylic acids is 1. The Morgan fingerprint density at radius 1 is 1.11 bits per heavy atom. The molecule has 5 nitrogen and oxygen atoms in total. The van der Waals surface area contributed by atoms with Crippen molar-refractivity contribution in [2.45, 2.75) is 6.92 Å². The fraction of sp³-hybridized carbons (Fsp3) is 0.318. The molecule has 0 spiro atoms. The first-order valence-corrected chi connectivity index (χ1v) is 9.28. The summed E-state index contributed by atoms with van der Waals surface area (Å²) in [6.07, 6.45) is 1.59. The normalized spacial score (nSPS) is 14.7. The fourth-order valence-electron chi connectivity index (χ4n) is 3.07. The van der Waals surface area contributed by atoms with Gasteiger partial charge in [-0.1, -0.05) is 18.2 Å². The van der Waals surface area contributed by atoms with Gasteiger partial charge in [-0.3, -0.25) is 4.79 Å². The number of carbonyl (C=O) groups is 1. The molecule has 6 heteroatoms. The third-order valence-electron chi connectivity index (χ3n) is 4.52. The van der Waals surface area contributed by atoms with Crippen molar-refractivity contribution < 1.29 is 23.4 Å². The van der Waals surface area contributed by atoms with E-state index in [4.69, 9.17) is 14.2 Å². The lowest BCUT2D eigenvalue weighted by atomic mass is 9.96. The molecule has 0 radical (unpaired) electrons. The molecule has 28 heavy (non-hydrogen) atoms. The van der Waals surface area contributed by atoms with Crippen LogP contribution in [0.1, 0.15) is 18.1 Å². The fourth-order valence-corrected chi connectivity index (χ4v) is 3.07. The number of morpholine rings is 1. The van der Waals surface area contributed by atoms with Crippen molar-refractivity contribution in [2.75, 3.05) is 40.0 Å². The molecule has 0 unspecified atom stereocenters. The molecule has 0 N–H and O–H groups in total. The number of amides is 1. The summed E-state index contributed by atoms with van der Waals surface area (Å²) >= 11 is 0. The molecule has 0 bridgehead atoms. The van der Waals surface area contributed by atoms with Crippen molar-refractivity contribution in [1.82, 2.24) is 4.90 Å². The van der Waals surface area contributed by atoms with Gasteiger partial charge in [-0.2, -0.15) is 0 Å². The standard InChI is InChI=1S/C22H24FNO4/c1-3-28-20-9-6-17(14-21(20)26-2)19(16-4-7-18(23)8-5-16)15-22(25)24-10-12-27-13-11-24/h4-9,14-15H,3,10-13H2,1-2H3. The number of benzene rings is 2. The van der Waals surface area contributed by atoms with Gasteiger partial charge in [0, 0.05) is 19.2 Å². The van der Waals surface area contributed by atoms with E-state index in [1.165, 1.54) is 12.1 Å². The van der Waals surface area contributed by atoms with Gasteiger partial charge in [0.25, 0.3) is 0 Å². The van der Waals surface area contributed by atoms with Gasteiger partial charge >= 0.3 is 0 Å². The Morgan fingerprint density at radius 3 is 2.43 bits per heavy atom. The van der Waals surface area contributed by atoms with Gasteiger partial charge in [0.05, 0.1) is 26.9 Å². The van der Waals surface area contributed by atoms with Gasteiger partial charge in [0.15, 0.2) is 11.5 Å². The van der Waals surface area contributed by atoms with Crippen LogP contribution in [0.15, 0.2) is 48.5 Å². The van der Waals surface area contributed by atoms with E-state index >= 15 is 0 Å². The number of nitrogens with zero attached hydrogens (tertiary/aromatic N) is 1. The molecular formula is C22H24FNO4. The van der Waals surface area contributed by atoms with Crippen LogP contribution in [0.3, 0.4) is 0 Å². The van der Waals surface area contributed by atoms with Crippen LogP contribution in [-0.2, 0) is 9.53 Å². The highest BCUT2D eigenvalue weighted by Gasteiger charge is 2.18. The third kappa shape index (κ3) is 4.70. The summed E-state index contributed by atoms with van der Waals surface area (Å²) in [5.41, 5.74) is 2.22. The Labute approximate surface area is 164 Å². The highest BCUT2D eigenvalue weighted by Crippen LogP contribution is 2.33. The molecule has 1 heterocycles. The Hall–Kier alpha value is -2.86. The second-order valence-corrected chi connectivity index (χ2v) is 6.30. The molecule has 0 aromatic heterocycles. The predicted octanol–water partition coefficient (Wildman–Crippen LogP) is 3.52. The van der Waals surface area contributed by atoms with Crippen LogP contribution >= 0.6 is 0 Å². The zero-order valence-corrected chi connectivity index (χ0v) is 16.1. The second-order valence-electron chi connectivity index (χ2n) is 6.30. The second kappa shape index (κ2) is 9.37. The van der Waals surface area contributed by atoms with Gasteiger partial charge in [0.1, 0.15) is 5.82 Å². The first-order chi connectivity index (χ1) is 13.6. The monoisotopic (exact) mass is 385 g/mol. The molecule has 0 atom stereocenters. The summed E-state index contributed by atoms with van der Waals surface area (Å²) in [4.78, 5) is 14.6. The highest BCUT2D eigenvalue weighted by atomic mass is 19.1. The maximum Gasteiger partial charge on any atom is 0.247 e. The van der Waals surface area contributed by atoms with Crippen LogP contribution in [0.2, 0.25) is 0 Å². The quantitative estimate of drug-likeness (QED) is 0.714. The molecule has 1 saturated heterocycles. The maximum atomic E-state index is 13.4. The summed E-state index contributed by atoms with van der Waals surface area (Å²) in [6, 6.07) is 11.6. The van der Waals surface area contributed by atoms with Crippen molar-refractivity contribution in [3.05, 3.63) is 65.5 Å². The van der Waals surface area contributed by atoms with Crippen molar-refractivity contribution in [1.29, 1.82) is 0 Å². The van der Waals surface area contributed by atoms with Crippen LogP contribution in [0.25, 0.3) is 5.57 Å². The number of rotatable bonds is 6. The molecule has 1 aliphatic heterocycles. The van der Waals surface area contributed by atoms with Crippen LogP contribution in [0.4, 0.5) is 4.39 Å². The van der Waals surface area contributed by atoms with E-state index in [0.717, 1.165) is 11.1 Å². The molecule has 1 amide bonds. The van der Waals surface area contributed by atoms with Crippen LogP contribution in [0.5, 0.6) is 11.5 Å². The Balaban J connectivity index is 2.02. The van der Waals surface area contributed by atoms with Crippen molar-refractivity contribution in [3.8, 4) is 11.5 Å². The van der Waals surface area contributed by atoms with Gasteiger partial charge in [-0.05, 0) is 47.9 Å². The minimum atomic E-state index is -0.327. The predicted molar refractivity (Wildman–Crippen MR) is 105 cm³/mol. The maximum absolute atomic E-state index is 13.4. The van der Waals surface area contributed by atoms with Gasteiger partial charge in [0.2, 0.25) is 5.91 Å². The van der Waals surface area contributed by atoms with Crippen LogP contribution < -0.4 is 9.47 Å². The first-order valence-electron chi connectivity index (χ1n) is 9.28. The molecule has 1 aliphatic rings. The minimum absolute atomic E-state index is 0.101. The third-order valence-corrected chi connectivity index (χ3v) is 4.52. The molecule has 3 rings (SSSR count). The average molecular weight is 385 g/mol. The largest absolute Gasteiger partial charge is 0.493 e. The lowest BCUT2D eigenvalue weighted by molar-refractivity contribution is -0.129. The van der Waals surface area contributed by atoms with E-state index in [2.05, 4.69) is 0 Å². The number of ether oxygens (including phenoxy) is 3. The summed E-state index contributed by atoms with van der Waals surface area (Å²) < 4.78 is 29.8. The number of halogens is 1. The summed E-state index contributed by atoms with van der Waals surface area (Å²) in [5, 5.41) is 0. The van der Waals surface area contributed by atoms with Gasteiger partial charge in [-0.15, -0.1) is 0 Å². The Morgan fingerprint density at radius 2 is 1.79 bits per heavy atom. The van der Waals surface area contributed by atoms with E-state index in [0.29, 0.717) is 50.0 Å². The topological polar surface area (TPSA) is 48.0 Å². The molecule has 1 fully saturated rings. The number of hydrogen-bond acceptors (Lipinski definition) is 4.